The van der Waals surface area contributed by atoms with Crippen molar-refractivity contribution in [3.8, 4) is 17.0 Å². The quantitative estimate of drug-likeness (QED) is 0.388. The van der Waals surface area contributed by atoms with Crippen molar-refractivity contribution in [1.29, 1.82) is 0 Å². The minimum absolute atomic E-state index is 0.100. The lowest BCUT2D eigenvalue weighted by atomic mass is 9.85. The first-order valence-electron chi connectivity index (χ1n) is 12.9. The predicted octanol–water partition coefficient (Wildman–Crippen LogP) is 3.59. The number of methoxy groups -OCH3 is 1. The van der Waals surface area contributed by atoms with Crippen molar-refractivity contribution in [2.75, 3.05) is 31.6 Å². The molecular weight excluding hydrogens is 454 g/mol. The zero-order valence-corrected chi connectivity index (χ0v) is 20.9. The van der Waals surface area contributed by atoms with E-state index in [2.05, 4.69) is 60.0 Å². The molecule has 2 fully saturated rings. The van der Waals surface area contributed by atoms with Crippen LogP contribution in [0.1, 0.15) is 50.8 Å². The Bertz CT molecular complexity index is 1310. The molecule has 1 aliphatic heterocycles. The van der Waals surface area contributed by atoms with Gasteiger partial charge in [0, 0.05) is 36.1 Å². The van der Waals surface area contributed by atoms with Crippen molar-refractivity contribution < 1.29 is 4.74 Å². The van der Waals surface area contributed by atoms with Gasteiger partial charge >= 0.3 is 0 Å². The summed E-state index contributed by atoms with van der Waals surface area (Å²) in [6.45, 7) is 5.23. The Balaban J connectivity index is 1.15. The molecule has 188 valence electrons. The Morgan fingerprint density at radius 3 is 2.83 bits per heavy atom. The van der Waals surface area contributed by atoms with Crippen LogP contribution in [0.15, 0.2) is 36.7 Å². The van der Waals surface area contributed by atoms with Gasteiger partial charge in [0.2, 0.25) is 0 Å². The molecule has 2 unspecified atom stereocenters. The standard InChI is InChI=1S/C26H33N9O/c1-17(35-16-25(31-33-35)21-11-20(36-2)12-24-22(21)14-28-29-24)23-8-9-26(32-30-23)34-10-4-7-19(15-34)27-13-18-5-3-6-18/h8-9,11-12,14,16-19,27H,3-7,10,13,15H2,1-2H3,(H,28,29). The third-order valence-electron chi connectivity index (χ3n) is 7.72. The fourth-order valence-electron chi connectivity index (χ4n) is 5.19. The number of anilines is 1. The first-order chi connectivity index (χ1) is 17.7. The summed E-state index contributed by atoms with van der Waals surface area (Å²) in [7, 11) is 1.65. The van der Waals surface area contributed by atoms with E-state index in [1.165, 1.54) is 32.1 Å². The van der Waals surface area contributed by atoms with Gasteiger partial charge in [-0.15, -0.1) is 10.2 Å². The number of ether oxygens (including phenoxy) is 1. The number of rotatable bonds is 8. The third kappa shape index (κ3) is 4.53. The highest BCUT2D eigenvalue weighted by Crippen LogP contribution is 2.31. The normalized spacial score (nSPS) is 19.4. The van der Waals surface area contributed by atoms with Gasteiger partial charge in [-0.1, -0.05) is 11.6 Å². The van der Waals surface area contributed by atoms with E-state index in [1.807, 2.05) is 23.0 Å². The largest absolute Gasteiger partial charge is 0.497 e. The van der Waals surface area contributed by atoms with Gasteiger partial charge in [0.15, 0.2) is 5.82 Å². The highest BCUT2D eigenvalue weighted by Gasteiger charge is 2.24. The molecule has 4 aromatic rings. The van der Waals surface area contributed by atoms with Gasteiger partial charge in [-0.05, 0) is 63.3 Å². The van der Waals surface area contributed by atoms with Crippen LogP contribution >= 0.6 is 0 Å². The average Bonchev–Trinajstić information content (AvgIpc) is 3.57. The highest BCUT2D eigenvalue weighted by atomic mass is 16.5. The summed E-state index contributed by atoms with van der Waals surface area (Å²) in [6, 6.07) is 8.45. The number of hydrogen-bond donors (Lipinski definition) is 2. The Hall–Kier alpha value is -3.53. The number of aromatic amines is 1. The van der Waals surface area contributed by atoms with Gasteiger partial charge in [0.1, 0.15) is 11.4 Å². The smallest absolute Gasteiger partial charge is 0.151 e. The summed E-state index contributed by atoms with van der Waals surface area (Å²) in [5, 5.41) is 29.9. The highest BCUT2D eigenvalue weighted by molar-refractivity contribution is 5.94. The van der Waals surface area contributed by atoms with E-state index in [0.717, 1.165) is 65.0 Å². The second-order valence-electron chi connectivity index (χ2n) is 10.1. The minimum Gasteiger partial charge on any atom is -0.497 e. The number of nitrogens with one attached hydrogen (secondary N) is 2. The van der Waals surface area contributed by atoms with E-state index in [9.17, 15) is 0 Å². The van der Waals surface area contributed by atoms with Crippen LogP contribution in [0.4, 0.5) is 5.82 Å². The number of hydrogen-bond acceptors (Lipinski definition) is 8. The summed E-state index contributed by atoms with van der Waals surface area (Å²) in [5.41, 5.74) is 3.42. The lowest BCUT2D eigenvalue weighted by molar-refractivity contribution is 0.280. The van der Waals surface area contributed by atoms with Gasteiger partial charge in [-0.25, -0.2) is 4.68 Å². The Kier molecular flexibility index (Phi) is 6.27. The summed E-state index contributed by atoms with van der Waals surface area (Å²) < 4.78 is 7.27. The summed E-state index contributed by atoms with van der Waals surface area (Å²) in [6.07, 6.45) is 10.3. The zero-order valence-electron chi connectivity index (χ0n) is 20.9. The third-order valence-corrected chi connectivity index (χ3v) is 7.72. The van der Waals surface area contributed by atoms with Crippen LogP contribution in [0.25, 0.3) is 22.2 Å². The molecule has 3 aromatic heterocycles. The topological polar surface area (TPSA) is 110 Å². The van der Waals surface area contributed by atoms with Gasteiger partial charge < -0.3 is 15.0 Å². The first-order valence-corrected chi connectivity index (χ1v) is 12.9. The fraction of sp³-hybridized carbons (Fsp3) is 0.500. The van der Waals surface area contributed by atoms with E-state index in [-0.39, 0.29) is 6.04 Å². The molecule has 2 N–H and O–H groups in total. The molecule has 0 bridgehead atoms. The number of benzene rings is 1. The van der Waals surface area contributed by atoms with E-state index in [1.54, 1.807) is 13.3 Å². The number of H-pyrrole nitrogens is 1. The fourth-order valence-corrected chi connectivity index (χ4v) is 5.19. The van der Waals surface area contributed by atoms with Crippen LogP contribution in [-0.4, -0.2) is 68.2 Å². The van der Waals surface area contributed by atoms with Crippen LogP contribution < -0.4 is 15.0 Å². The summed E-state index contributed by atoms with van der Waals surface area (Å²) >= 11 is 0. The molecule has 1 aromatic carbocycles. The molecule has 1 saturated carbocycles. The molecule has 10 nitrogen and oxygen atoms in total. The Labute approximate surface area is 210 Å². The van der Waals surface area contributed by atoms with Gasteiger partial charge in [0.25, 0.3) is 0 Å². The van der Waals surface area contributed by atoms with Crippen LogP contribution in [0, 0.1) is 5.92 Å². The second kappa shape index (κ2) is 9.85. The molecule has 6 rings (SSSR count). The molecular formula is C26H33N9O. The van der Waals surface area contributed by atoms with Crippen molar-refractivity contribution in [2.45, 2.75) is 51.1 Å². The van der Waals surface area contributed by atoms with Crippen molar-refractivity contribution >= 4 is 16.7 Å². The van der Waals surface area contributed by atoms with Crippen molar-refractivity contribution in [1.82, 2.24) is 40.7 Å². The van der Waals surface area contributed by atoms with E-state index in [0.29, 0.717) is 6.04 Å². The molecule has 0 amide bonds. The minimum atomic E-state index is -0.100. The monoisotopic (exact) mass is 487 g/mol. The summed E-state index contributed by atoms with van der Waals surface area (Å²) in [4.78, 5) is 2.36. The van der Waals surface area contributed by atoms with Crippen molar-refractivity contribution in [2.24, 2.45) is 5.92 Å². The van der Waals surface area contributed by atoms with E-state index >= 15 is 0 Å². The van der Waals surface area contributed by atoms with Crippen LogP contribution in [0.3, 0.4) is 0 Å². The summed E-state index contributed by atoms with van der Waals surface area (Å²) in [5.74, 6) is 2.57. The van der Waals surface area contributed by atoms with Gasteiger partial charge in [0.05, 0.1) is 36.8 Å². The molecule has 36 heavy (non-hydrogen) atoms. The SMILES string of the molecule is COc1cc(-c2cn(C(C)c3ccc(N4CCCC(NCC5CCC5)C4)nn3)nn2)c2cn[nH]c2c1. The molecule has 2 atom stereocenters. The first kappa shape index (κ1) is 22.9. The van der Waals surface area contributed by atoms with E-state index in [4.69, 9.17) is 4.74 Å². The number of fused-ring (bicyclic) bond motifs is 1. The van der Waals surface area contributed by atoms with E-state index < -0.39 is 0 Å². The molecule has 10 heteroatoms. The number of piperidine rings is 1. The Morgan fingerprint density at radius 1 is 1.14 bits per heavy atom. The second-order valence-corrected chi connectivity index (χ2v) is 10.1. The molecule has 1 aliphatic carbocycles. The molecule has 0 spiro atoms. The van der Waals surface area contributed by atoms with Crippen molar-refractivity contribution in [3.05, 3.63) is 42.4 Å². The zero-order chi connectivity index (χ0) is 24.5. The average molecular weight is 488 g/mol. The Morgan fingerprint density at radius 2 is 2.06 bits per heavy atom. The van der Waals surface area contributed by atoms with Crippen LogP contribution in [0.2, 0.25) is 0 Å². The maximum Gasteiger partial charge on any atom is 0.151 e. The lowest BCUT2D eigenvalue weighted by Gasteiger charge is -2.35. The van der Waals surface area contributed by atoms with Crippen LogP contribution in [0.5, 0.6) is 5.75 Å². The predicted molar refractivity (Wildman–Crippen MR) is 138 cm³/mol. The lowest BCUT2D eigenvalue weighted by Crippen LogP contribution is -2.47. The maximum atomic E-state index is 5.45. The van der Waals surface area contributed by atoms with Gasteiger partial charge in [-0.3, -0.25) is 5.10 Å². The number of nitrogens with zero attached hydrogens (tertiary/aromatic N) is 7. The molecule has 1 saturated heterocycles. The maximum absolute atomic E-state index is 5.45. The number of aromatic nitrogens is 7. The van der Waals surface area contributed by atoms with Crippen molar-refractivity contribution in [3.63, 3.8) is 0 Å². The molecule has 4 heterocycles. The van der Waals surface area contributed by atoms with Crippen LogP contribution in [-0.2, 0) is 0 Å². The molecule has 2 aliphatic rings. The molecule has 0 radical (unpaired) electrons. The van der Waals surface area contributed by atoms with Gasteiger partial charge in [-0.2, -0.15) is 10.2 Å².